The van der Waals surface area contributed by atoms with Gasteiger partial charge in [-0.2, -0.15) is 5.26 Å². The average molecular weight is 301 g/mol. The zero-order valence-corrected chi connectivity index (χ0v) is 13.3. The highest BCUT2D eigenvalue weighted by Crippen LogP contribution is 2.16. The van der Waals surface area contributed by atoms with Crippen LogP contribution in [0.2, 0.25) is 0 Å². The smallest absolute Gasteiger partial charge is 0.260 e. The topological polar surface area (TPSA) is 56.6 Å². The molecular weight excluding hydrogens is 278 g/mol. The monoisotopic (exact) mass is 301 g/mol. The van der Waals surface area contributed by atoms with Crippen molar-refractivity contribution in [3.05, 3.63) is 29.3 Å². The Morgan fingerprint density at radius 2 is 1.95 bits per heavy atom. The number of aryl methyl sites for hydroxylation is 2. The van der Waals surface area contributed by atoms with E-state index in [1.165, 1.54) is 5.56 Å². The summed E-state index contributed by atoms with van der Waals surface area (Å²) in [6, 6.07) is 8.02. The van der Waals surface area contributed by atoms with Crippen LogP contribution in [0.1, 0.15) is 17.5 Å². The second-order valence-electron chi connectivity index (χ2n) is 5.67. The maximum atomic E-state index is 12.2. The van der Waals surface area contributed by atoms with Gasteiger partial charge in [0.05, 0.1) is 6.07 Å². The minimum atomic E-state index is 0.0261. The minimum Gasteiger partial charge on any atom is -0.484 e. The number of nitriles is 1. The maximum absolute atomic E-state index is 12.2. The largest absolute Gasteiger partial charge is 0.484 e. The van der Waals surface area contributed by atoms with Crippen LogP contribution in [-0.4, -0.2) is 55.0 Å². The summed E-state index contributed by atoms with van der Waals surface area (Å²) in [5.74, 6) is 0.766. The van der Waals surface area contributed by atoms with Gasteiger partial charge in [0, 0.05) is 39.1 Å². The van der Waals surface area contributed by atoms with Gasteiger partial charge in [0.25, 0.3) is 5.91 Å². The lowest BCUT2D eigenvalue weighted by molar-refractivity contribution is -0.135. The molecule has 1 aromatic rings. The molecule has 1 saturated heterocycles. The summed E-state index contributed by atoms with van der Waals surface area (Å²) >= 11 is 0. The average Bonchev–Trinajstić information content (AvgIpc) is 2.54. The quantitative estimate of drug-likeness (QED) is 0.831. The van der Waals surface area contributed by atoms with Crippen LogP contribution in [0.25, 0.3) is 0 Å². The summed E-state index contributed by atoms with van der Waals surface area (Å²) in [4.78, 5) is 16.2. The first-order valence-electron chi connectivity index (χ1n) is 7.67. The molecule has 0 aromatic heterocycles. The van der Waals surface area contributed by atoms with Crippen LogP contribution in [0.15, 0.2) is 18.2 Å². The van der Waals surface area contributed by atoms with Gasteiger partial charge in [0.1, 0.15) is 5.75 Å². The highest BCUT2D eigenvalue weighted by Gasteiger charge is 2.21. The Balaban J connectivity index is 1.76. The second-order valence-corrected chi connectivity index (χ2v) is 5.67. The van der Waals surface area contributed by atoms with E-state index in [1.807, 2.05) is 30.0 Å². The standard InChI is InChI=1S/C17H23N3O2/c1-14-4-5-16(12-15(14)2)22-13-17(21)20-10-8-19(9-11-20)7-3-6-18/h4-5,12H,3,7-11,13H2,1-2H3. The Hall–Kier alpha value is -2.06. The normalized spacial score (nSPS) is 15.4. The van der Waals surface area contributed by atoms with Gasteiger partial charge >= 0.3 is 0 Å². The van der Waals surface area contributed by atoms with E-state index in [4.69, 9.17) is 10.00 Å². The summed E-state index contributed by atoms with van der Waals surface area (Å²) < 4.78 is 5.60. The number of piperazine rings is 1. The summed E-state index contributed by atoms with van der Waals surface area (Å²) in [6.07, 6.45) is 0.545. The van der Waals surface area contributed by atoms with Crippen molar-refractivity contribution >= 4 is 5.91 Å². The number of hydrogen-bond acceptors (Lipinski definition) is 4. The molecule has 1 heterocycles. The summed E-state index contributed by atoms with van der Waals surface area (Å²) in [6.45, 7) is 8.04. The van der Waals surface area contributed by atoms with E-state index >= 15 is 0 Å². The molecule has 0 radical (unpaired) electrons. The lowest BCUT2D eigenvalue weighted by Crippen LogP contribution is -2.50. The predicted molar refractivity (Wildman–Crippen MR) is 84.7 cm³/mol. The highest BCUT2D eigenvalue weighted by atomic mass is 16.5. The fourth-order valence-electron chi connectivity index (χ4n) is 2.47. The van der Waals surface area contributed by atoms with Crippen molar-refractivity contribution in [1.82, 2.24) is 9.80 Å². The Kier molecular flexibility index (Phi) is 5.79. The van der Waals surface area contributed by atoms with Crippen molar-refractivity contribution in [3.63, 3.8) is 0 Å². The molecule has 0 spiro atoms. The molecule has 0 unspecified atom stereocenters. The van der Waals surface area contributed by atoms with Gasteiger partial charge < -0.3 is 9.64 Å². The van der Waals surface area contributed by atoms with Crippen LogP contribution in [0, 0.1) is 25.2 Å². The number of ether oxygens (including phenoxy) is 1. The third-order valence-electron chi connectivity index (χ3n) is 4.11. The number of nitrogens with zero attached hydrogens (tertiary/aromatic N) is 3. The van der Waals surface area contributed by atoms with Crippen LogP contribution in [0.5, 0.6) is 5.75 Å². The third-order valence-corrected chi connectivity index (χ3v) is 4.11. The van der Waals surface area contributed by atoms with Crippen LogP contribution in [-0.2, 0) is 4.79 Å². The van der Waals surface area contributed by atoms with Crippen LogP contribution >= 0.6 is 0 Å². The van der Waals surface area contributed by atoms with Gasteiger partial charge in [0.15, 0.2) is 6.61 Å². The lowest BCUT2D eigenvalue weighted by Gasteiger charge is -2.34. The summed E-state index contributed by atoms with van der Waals surface area (Å²) in [5, 5.41) is 8.59. The van der Waals surface area contributed by atoms with E-state index in [-0.39, 0.29) is 12.5 Å². The van der Waals surface area contributed by atoms with E-state index in [9.17, 15) is 4.79 Å². The van der Waals surface area contributed by atoms with E-state index in [0.717, 1.165) is 30.9 Å². The van der Waals surface area contributed by atoms with Crippen LogP contribution in [0.4, 0.5) is 0 Å². The molecule has 118 valence electrons. The molecule has 22 heavy (non-hydrogen) atoms. The number of carbonyl (C=O) groups is 1. The minimum absolute atomic E-state index is 0.0261. The number of benzene rings is 1. The Morgan fingerprint density at radius 1 is 1.23 bits per heavy atom. The third kappa shape index (κ3) is 4.47. The van der Waals surface area contributed by atoms with Gasteiger partial charge in [-0.3, -0.25) is 9.69 Å². The van der Waals surface area contributed by atoms with Crippen LogP contribution in [0.3, 0.4) is 0 Å². The Morgan fingerprint density at radius 3 is 2.59 bits per heavy atom. The number of hydrogen-bond donors (Lipinski definition) is 0. The molecule has 0 N–H and O–H groups in total. The van der Waals surface area contributed by atoms with Crippen molar-refractivity contribution in [2.24, 2.45) is 0 Å². The molecule has 0 aliphatic carbocycles. The molecule has 1 aliphatic rings. The molecule has 5 nitrogen and oxygen atoms in total. The van der Waals surface area contributed by atoms with Crippen molar-refractivity contribution in [1.29, 1.82) is 5.26 Å². The van der Waals surface area contributed by atoms with Crippen molar-refractivity contribution in [2.75, 3.05) is 39.3 Å². The number of amides is 1. The van der Waals surface area contributed by atoms with Gasteiger partial charge in [-0.25, -0.2) is 0 Å². The molecular formula is C17H23N3O2. The van der Waals surface area contributed by atoms with Crippen molar-refractivity contribution < 1.29 is 9.53 Å². The summed E-state index contributed by atoms with van der Waals surface area (Å²) in [7, 11) is 0. The summed E-state index contributed by atoms with van der Waals surface area (Å²) in [5.41, 5.74) is 2.38. The van der Waals surface area contributed by atoms with Crippen LogP contribution < -0.4 is 4.74 Å². The molecule has 0 atom stereocenters. The second kappa shape index (κ2) is 7.81. The molecule has 1 aliphatic heterocycles. The van der Waals surface area contributed by atoms with Crippen molar-refractivity contribution in [2.45, 2.75) is 20.3 Å². The van der Waals surface area contributed by atoms with Gasteiger partial charge in [0.2, 0.25) is 0 Å². The van der Waals surface area contributed by atoms with E-state index in [1.54, 1.807) is 0 Å². The predicted octanol–water partition coefficient (Wildman–Crippen LogP) is 1.74. The first kappa shape index (κ1) is 16.3. The fraction of sp³-hybridized carbons (Fsp3) is 0.529. The van der Waals surface area contributed by atoms with Crippen molar-refractivity contribution in [3.8, 4) is 11.8 Å². The van der Waals surface area contributed by atoms with E-state index in [2.05, 4.69) is 17.9 Å². The highest BCUT2D eigenvalue weighted by molar-refractivity contribution is 5.77. The van der Waals surface area contributed by atoms with Gasteiger partial charge in [-0.05, 0) is 37.1 Å². The van der Waals surface area contributed by atoms with E-state index < -0.39 is 0 Å². The first-order chi connectivity index (χ1) is 10.6. The molecule has 0 bridgehead atoms. The molecule has 1 fully saturated rings. The Labute approximate surface area is 132 Å². The maximum Gasteiger partial charge on any atom is 0.260 e. The van der Waals surface area contributed by atoms with E-state index in [0.29, 0.717) is 19.5 Å². The number of carbonyl (C=O) groups excluding carboxylic acids is 1. The first-order valence-corrected chi connectivity index (χ1v) is 7.67. The zero-order chi connectivity index (χ0) is 15.9. The van der Waals surface area contributed by atoms with Gasteiger partial charge in [-0.15, -0.1) is 0 Å². The van der Waals surface area contributed by atoms with Gasteiger partial charge in [-0.1, -0.05) is 6.07 Å². The fourth-order valence-corrected chi connectivity index (χ4v) is 2.47. The molecule has 0 saturated carbocycles. The lowest BCUT2D eigenvalue weighted by atomic mass is 10.1. The molecule has 1 aromatic carbocycles. The number of rotatable bonds is 5. The molecule has 1 amide bonds. The SMILES string of the molecule is Cc1ccc(OCC(=O)N2CCN(CCC#N)CC2)cc1C. The zero-order valence-electron chi connectivity index (χ0n) is 13.3. The Bertz CT molecular complexity index is 558. The molecule has 2 rings (SSSR count). The molecule has 5 heteroatoms.